The molecule has 5 heteroatoms. The van der Waals surface area contributed by atoms with E-state index in [9.17, 15) is 9.59 Å². The van der Waals surface area contributed by atoms with Gasteiger partial charge in [0.05, 0.1) is 0 Å². The van der Waals surface area contributed by atoms with E-state index < -0.39 is 0 Å². The summed E-state index contributed by atoms with van der Waals surface area (Å²) < 4.78 is 0.928. The monoisotopic (exact) mass is 374 g/mol. The van der Waals surface area contributed by atoms with Gasteiger partial charge in [0.15, 0.2) is 0 Å². The third-order valence-corrected chi connectivity index (χ3v) is 4.40. The van der Waals surface area contributed by atoms with Gasteiger partial charge in [-0.3, -0.25) is 9.59 Å². The maximum absolute atomic E-state index is 12.3. The summed E-state index contributed by atoms with van der Waals surface area (Å²) in [7, 11) is 0. The highest BCUT2D eigenvalue weighted by Crippen LogP contribution is 2.22. The lowest BCUT2D eigenvalue weighted by Gasteiger charge is -2.22. The van der Waals surface area contributed by atoms with E-state index in [1.807, 2.05) is 56.3 Å². The van der Waals surface area contributed by atoms with Crippen molar-refractivity contribution in [2.24, 2.45) is 0 Å². The Bertz CT molecular complexity index is 744. The van der Waals surface area contributed by atoms with E-state index in [1.54, 1.807) is 0 Å². The fourth-order valence-electron chi connectivity index (χ4n) is 2.25. The summed E-state index contributed by atoms with van der Waals surface area (Å²) in [6, 6.07) is 13.1. The zero-order valence-corrected chi connectivity index (χ0v) is 15.0. The number of nitrogens with one attached hydrogen (secondary N) is 1. The van der Waals surface area contributed by atoms with Crippen molar-refractivity contribution in [2.75, 3.05) is 16.8 Å². The van der Waals surface area contributed by atoms with Crippen molar-refractivity contribution in [1.29, 1.82) is 0 Å². The van der Waals surface area contributed by atoms with Crippen LogP contribution in [0.3, 0.4) is 0 Å². The SMILES string of the molecule is CC(=O)N(CC(=O)Nc1ccc(C)c(Br)c1)c1ccccc1C. The summed E-state index contributed by atoms with van der Waals surface area (Å²) in [6.45, 7) is 5.33. The Hall–Kier alpha value is -2.14. The molecular formula is C18H19BrN2O2. The summed E-state index contributed by atoms with van der Waals surface area (Å²) >= 11 is 3.44. The molecule has 2 aromatic rings. The summed E-state index contributed by atoms with van der Waals surface area (Å²) in [6.07, 6.45) is 0. The molecule has 0 bridgehead atoms. The lowest BCUT2D eigenvalue weighted by molar-refractivity contribution is -0.120. The molecule has 1 N–H and O–H groups in total. The van der Waals surface area contributed by atoms with Gasteiger partial charge < -0.3 is 10.2 Å². The van der Waals surface area contributed by atoms with E-state index in [-0.39, 0.29) is 18.4 Å². The zero-order chi connectivity index (χ0) is 17.0. The van der Waals surface area contributed by atoms with Crippen LogP contribution in [0, 0.1) is 13.8 Å². The van der Waals surface area contributed by atoms with E-state index in [2.05, 4.69) is 21.2 Å². The van der Waals surface area contributed by atoms with Crippen molar-refractivity contribution in [1.82, 2.24) is 0 Å². The highest BCUT2D eigenvalue weighted by Gasteiger charge is 2.17. The average molecular weight is 375 g/mol. The second kappa shape index (κ2) is 7.42. The van der Waals surface area contributed by atoms with Crippen molar-refractivity contribution in [3.8, 4) is 0 Å². The normalized spacial score (nSPS) is 10.3. The van der Waals surface area contributed by atoms with Crippen molar-refractivity contribution >= 4 is 39.1 Å². The first kappa shape index (κ1) is 17.2. The van der Waals surface area contributed by atoms with Crippen LogP contribution in [0.25, 0.3) is 0 Å². The van der Waals surface area contributed by atoms with Gasteiger partial charge in [0, 0.05) is 22.8 Å². The van der Waals surface area contributed by atoms with Crippen LogP contribution in [0.1, 0.15) is 18.1 Å². The summed E-state index contributed by atoms with van der Waals surface area (Å²) in [5.74, 6) is -0.404. The quantitative estimate of drug-likeness (QED) is 0.876. The van der Waals surface area contributed by atoms with Crippen LogP contribution in [0.4, 0.5) is 11.4 Å². The van der Waals surface area contributed by atoms with Gasteiger partial charge in [0.25, 0.3) is 0 Å². The van der Waals surface area contributed by atoms with Crippen LogP contribution in [0.5, 0.6) is 0 Å². The van der Waals surface area contributed by atoms with Gasteiger partial charge in [-0.2, -0.15) is 0 Å². The van der Waals surface area contributed by atoms with Crippen molar-refractivity contribution < 1.29 is 9.59 Å². The number of carbonyl (C=O) groups excluding carboxylic acids is 2. The van der Waals surface area contributed by atoms with E-state index in [0.29, 0.717) is 5.69 Å². The Kier molecular flexibility index (Phi) is 5.55. The Labute approximate surface area is 144 Å². The number of amides is 2. The molecule has 0 unspecified atom stereocenters. The van der Waals surface area contributed by atoms with Crippen LogP contribution in [0.2, 0.25) is 0 Å². The van der Waals surface area contributed by atoms with Gasteiger partial charge in [0.2, 0.25) is 11.8 Å². The first-order valence-electron chi connectivity index (χ1n) is 7.28. The molecule has 2 amide bonds. The third-order valence-electron chi connectivity index (χ3n) is 3.54. The van der Waals surface area contributed by atoms with E-state index in [4.69, 9.17) is 0 Å². The van der Waals surface area contributed by atoms with Gasteiger partial charge >= 0.3 is 0 Å². The fraction of sp³-hybridized carbons (Fsp3) is 0.222. The maximum atomic E-state index is 12.3. The minimum atomic E-state index is -0.237. The molecule has 0 atom stereocenters. The van der Waals surface area contributed by atoms with Gasteiger partial charge in [-0.15, -0.1) is 0 Å². The van der Waals surface area contributed by atoms with Crippen LogP contribution in [0.15, 0.2) is 46.9 Å². The van der Waals surface area contributed by atoms with Crippen molar-refractivity contribution in [3.63, 3.8) is 0 Å². The first-order chi connectivity index (χ1) is 10.9. The zero-order valence-electron chi connectivity index (χ0n) is 13.4. The smallest absolute Gasteiger partial charge is 0.244 e. The Morgan fingerprint density at radius 1 is 1.09 bits per heavy atom. The molecule has 4 nitrogen and oxygen atoms in total. The van der Waals surface area contributed by atoms with Crippen LogP contribution in [-0.2, 0) is 9.59 Å². The Morgan fingerprint density at radius 3 is 2.39 bits per heavy atom. The highest BCUT2D eigenvalue weighted by molar-refractivity contribution is 9.10. The highest BCUT2D eigenvalue weighted by atomic mass is 79.9. The molecule has 23 heavy (non-hydrogen) atoms. The molecule has 0 fully saturated rings. The average Bonchev–Trinajstić information content (AvgIpc) is 2.49. The lowest BCUT2D eigenvalue weighted by Crippen LogP contribution is -2.37. The molecule has 2 aromatic carbocycles. The van der Waals surface area contributed by atoms with E-state index >= 15 is 0 Å². The molecule has 2 rings (SSSR count). The topological polar surface area (TPSA) is 49.4 Å². The van der Waals surface area contributed by atoms with Crippen LogP contribution < -0.4 is 10.2 Å². The molecule has 0 aliphatic heterocycles. The molecule has 0 spiro atoms. The summed E-state index contributed by atoms with van der Waals surface area (Å²) in [5.41, 5.74) is 3.49. The lowest BCUT2D eigenvalue weighted by atomic mass is 10.1. The maximum Gasteiger partial charge on any atom is 0.244 e. The number of benzene rings is 2. The van der Waals surface area contributed by atoms with Crippen LogP contribution >= 0.6 is 15.9 Å². The molecule has 0 saturated heterocycles. The number of para-hydroxylation sites is 1. The number of hydrogen-bond acceptors (Lipinski definition) is 2. The number of hydrogen-bond donors (Lipinski definition) is 1. The number of nitrogens with zero attached hydrogens (tertiary/aromatic N) is 1. The number of carbonyl (C=O) groups is 2. The molecule has 0 aliphatic rings. The molecule has 0 heterocycles. The second-order valence-electron chi connectivity index (χ2n) is 5.40. The van der Waals surface area contributed by atoms with E-state index in [0.717, 1.165) is 21.3 Å². The molecular weight excluding hydrogens is 356 g/mol. The Morgan fingerprint density at radius 2 is 1.78 bits per heavy atom. The largest absolute Gasteiger partial charge is 0.324 e. The second-order valence-corrected chi connectivity index (χ2v) is 6.26. The van der Waals surface area contributed by atoms with Gasteiger partial charge in [0.1, 0.15) is 6.54 Å². The van der Waals surface area contributed by atoms with E-state index in [1.165, 1.54) is 11.8 Å². The molecule has 120 valence electrons. The number of halogens is 1. The predicted molar refractivity (Wildman–Crippen MR) is 96.7 cm³/mol. The van der Waals surface area contributed by atoms with Crippen molar-refractivity contribution in [2.45, 2.75) is 20.8 Å². The summed E-state index contributed by atoms with van der Waals surface area (Å²) in [4.78, 5) is 25.7. The molecule has 0 aliphatic carbocycles. The van der Waals surface area contributed by atoms with Gasteiger partial charge in [-0.05, 0) is 43.2 Å². The fourth-order valence-corrected chi connectivity index (χ4v) is 2.63. The standard InChI is InChI=1S/C18H19BrN2O2/c1-12-8-9-15(10-16(12)19)20-18(23)11-21(14(3)22)17-7-5-4-6-13(17)2/h4-10H,11H2,1-3H3,(H,20,23). The van der Waals surface area contributed by atoms with Gasteiger partial charge in [-0.1, -0.05) is 40.2 Å². The van der Waals surface area contributed by atoms with Gasteiger partial charge in [-0.25, -0.2) is 0 Å². The number of aryl methyl sites for hydroxylation is 2. The number of anilines is 2. The Balaban J connectivity index is 2.14. The summed E-state index contributed by atoms with van der Waals surface area (Å²) in [5, 5.41) is 2.82. The predicted octanol–water partition coefficient (Wildman–Crippen LogP) is 4.06. The minimum Gasteiger partial charge on any atom is -0.324 e. The molecule has 0 aromatic heterocycles. The molecule has 0 saturated carbocycles. The number of rotatable bonds is 4. The van der Waals surface area contributed by atoms with Crippen molar-refractivity contribution in [3.05, 3.63) is 58.1 Å². The van der Waals surface area contributed by atoms with Crippen LogP contribution in [-0.4, -0.2) is 18.4 Å². The third kappa shape index (κ3) is 4.42. The molecule has 0 radical (unpaired) electrons. The first-order valence-corrected chi connectivity index (χ1v) is 8.07. The minimum absolute atomic E-state index is 0.0221.